The number of ether oxygens (including phenoxy) is 1. The van der Waals surface area contributed by atoms with Crippen molar-refractivity contribution in [2.75, 3.05) is 0 Å². The van der Waals surface area contributed by atoms with E-state index in [0.717, 1.165) is 12.2 Å². The van der Waals surface area contributed by atoms with E-state index < -0.39 is 11.9 Å². The fourth-order valence-electron chi connectivity index (χ4n) is 2.02. The van der Waals surface area contributed by atoms with E-state index in [-0.39, 0.29) is 0 Å². The summed E-state index contributed by atoms with van der Waals surface area (Å²) in [5, 5.41) is 17.9. The van der Waals surface area contributed by atoms with Crippen molar-refractivity contribution in [1.82, 2.24) is 0 Å². The molecule has 0 saturated heterocycles. The van der Waals surface area contributed by atoms with Crippen molar-refractivity contribution in [3.8, 4) is 5.75 Å². The van der Waals surface area contributed by atoms with Crippen LogP contribution in [0.15, 0.2) is 48.5 Å². The molecule has 1 heterocycles. The third-order valence-electron chi connectivity index (χ3n) is 3.02. The third-order valence-corrected chi connectivity index (χ3v) is 3.02. The number of fused-ring (bicyclic) bond motifs is 2. The number of para-hydroxylation sites is 1. The normalized spacial score (nSPS) is 11.6. The predicted octanol–water partition coefficient (Wildman–Crippen LogP) is -0.344. The smallest absolute Gasteiger partial charge is 0.123 e. The molecular formula is C16H12O5-2. The lowest BCUT2D eigenvalue weighted by molar-refractivity contribution is -0.345. The van der Waals surface area contributed by atoms with Crippen LogP contribution in [0.2, 0.25) is 0 Å². The Bertz CT molecular complexity index is 606. The predicted molar refractivity (Wildman–Crippen MR) is 70.0 cm³/mol. The molecule has 2 aromatic carbocycles. The molecular weight excluding hydrogens is 272 g/mol. The maximum Gasteiger partial charge on any atom is 0.123 e. The Morgan fingerprint density at radius 2 is 1.33 bits per heavy atom. The third kappa shape index (κ3) is 3.82. The average molecular weight is 284 g/mol. The van der Waals surface area contributed by atoms with Crippen LogP contribution in [0.5, 0.6) is 5.75 Å². The number of carbonyl (C=O) groups excluding carboxylic acids is 2. The summed E-state index contributed by atoms with van der Waals surface area (Å²) in [5.41, 5.74) is 3.96. The van der Waals surface area contributed by atoms with Crippen LogP contribution in [0.4, 0.5) is 0 Å². The molecule has 0 bridgehead atoms. The number of rotatable bonds is 0. The Labute approximate surface area is 121 Å². The van der Waals surface area contributed by atoms with Gasteiger partial charge in [-0.25, -0.2) is 0 Å². The molecule has 5 nitrogen and oxygen atoms in total. The Morgan fingerprint density at radius 3 is 1.95 bits per heavy atom. The molecule has 0 unspecified atom stereocenters. The van der Waals surface area contributed by atoms with Gasteiger partial charge in [-0.15, -0.1) is 0 Å². The zero-order chi connectivity index (χ0) is 15.2. The first kappa shape index (κ1) is 14.6. The maximum atomic E-state index is 8.93. The molecule has 0 spiro atoms. The van der Waals surface area contributed by atoms with E-state index in [2.05, 4.69) is 36.4 Å². The quantitative estimate of drug-likeness (QED) is 0.617. The zero-order valence-electron chi connectivity index (χ0n) is 11.1. The largest absolute Gasteiger partial charge is 0.543 e. The fourth-order valence-corrected chi connectivity index (χ4v) is 2.02. The maximum absolute atomic E-state index is 8.93. The van der Waals surface area contributed by atoms with Crippen molar-refractivity contribution in [3.63, 3.8) is 0 Å². The minimum Gasteiger partial charge on any atom is -0.543 e. The van der Waals surface area contributed by atoms with E-state index >= 15 is 0 Å². The minimum absolute atomic E-state index is 0.688. The van der Waals surface area contributed by atoms with Gasteiger partial charge in [-0.05, 0) is 22.8 Å². The Morgan fingerprint density at radius 1 is 0.810 bits per heavy atom. The van der Waals surface area contributed by atoms with Crippen LogP contribution in [0.1, 0.15) is 16.7 Å². The van der Waals surface area contributed by atoms with E-state index in [4.69, 9.17) is 24.5 Å². The Balaban J connectivity index is 0.000000232. The molecule has 21 heavy (non-hydrogen) atoms. The van der Waals surface area contributed by atoms with Crippen molar-refractivity contribution in [2.45, 2.75) is 13.0 Å². The van der Waals surface area contributed by atoms with E-state index in [9.17, 15) is 0 Å². The highest BCUT2D eigenvalue weighted by molar-refractivity contribution is 6.25. The van der Waals surface area contributed by atoms with Crippen molar-refractivity contribution < 1.29 is 24.5 Å². The summed E-state index contributed by atoms with van der Waals surface area (Å²) in [6.45, 7) is 0.688. The van der Waals surface area contributed by atoms with Gasteiger partial charge in [-0.2, -0.15) is 0 Å². The lowest BCUT2D eigenvalue weighted by Gasteiger charge is -2.05. The monoisotopic (exact) mass is 284 g/mol. The molecule has 2 aromatic rings. The highest BCUT2D eigenvalue weighted by atomic mass is 16.5. The molecule has 0 fully saturated rings. The van der Waals surface area contributed by atoms with Gasteiger partial charge in [0.15, 0.2) is 0 Å². The van der Waals surface area contributed by atoms with Gasteiger partial charge in [0.05, 0.1) is 11.9 Å². The number of benzene rings is 2. The van der Waals surface area contributed by atoms with Crippen LogP contribution in [-0.2, 0) is 22.6 Å². The fraction of sp³-hybridized carbons (Fsp3) is 0.125. The standard InChI is InChI=1S/C14H12O.C2H2O4/c1-2-7-13-10-15-14-8-4-3-6-12(14)9-11(13)5-1;3-1(4)2(5)6/h1-8H,9-10H2;(H,3,4)(H,5,6)/p-2. The van der Waals surface area contributed by atoms with Gasteiger partial charge in [-0.1, -0.05) is 42.5 Å². The van der Waals surface area contributed by atoms with Gasteiger partial charge in [0.2, 0.25) is 0 Å². The SMILES string of the molecule is O=C([O-])C(=O)[O-].c1ccc2c(c1)COc1ccccc1C2. The molecule has 108 valence electrons. The number of hydrogen-bond acceptors (Lipinski definition) is 5. The number of carboxylic acid groups (broad SMARTS) is 2. The Kier molecular flexibility index (Phi) is 4.56. The first-order valence-electron chi connectivity index (χ1n) is 6.27. The number of carbonyl (C=O) groups is 2. The van der Waals surface area contributed by atoms with Crippen molar-refractivity contribution >= 4 is 11.9 Å². The van der Waals surface area contributed by atoms with Crippen LogP contribution >= 0.6 is 0 Å². The van der Waals surface area contributed by atoms with Crippen LogP contribution < -0.4 is 14.9 Å². The van der Waals surface area contributed by atoms with E-state index in [0.29, 0.717) is 6.61 Å². The first-order chi connectivity index (χ1) is 10.1. The van der Waals surface area contributed by atoms with Gasteiger partial charge in [0.25, 0.3) is 0 Å². The van der Waals surface area contributed by atoms with Crippen molar-refractivity contribution in [3.05, 3.63) is 65.2 Å². The average Bonchev–Trinajstić information content (AvgIpc) is 2.66. The number of aliphatic carboxylic acids is 2. The van der Waals surface area contributed by atoms with Crippen LogP contribution in [0.3, 0.4) is 0 Å². The van der Waals surface area contributed by atoms with E-state index in [1.165, 1.54) is 16.7 Å². The van der Waals surface area contributed by atoms with Gasteiger partial charge >= 0.3 is 0 Å². The lowest BCUT2D eigenvalue weighted by atomic mass is 10.0. The van der Waals surface area contributed by atoms with Gasteiger partial charge < -0.3 is 24.5 Å². The highest BCUT2D eigenvalue weighted by Crippen LogP contribution is 2.27. The number of hydrogen-bond donors (Lipinski definition) is 0. The first-order valence-corrected chi connectivity index (χ1v) is 6.27. The molecule has 0 radical (unpaired) electrons. The summed E-state index contributed by atoms with van der Waals surface area (Å²) >= 11 is 0. The van der Waals surface area contributed by atoms with Gasteiger partial charge in [0.1, 0.15) is 12.4 Å². The topological polar surface area (TPSA) is 89.5 Å². The second kappa shape index (κ2) is 6.56. The summed E-state index contributed by atoms with van der Waals surface area (Å²) < 4.78 is 5.77. The van der Waals surface area contributed by atoms with Crippen molar-refractivity contribution in [1.29, 1.82) is 0 Å². The molecule has 1 aliphatic heterocycles. The molecule has 3 rings (SSSR count). The second-order valence-electron chi connectivity index (χ2n) is 4.42. The van der Waals surface area contributed by atoms with Crippen molar-refractivity contribution in [2.24, 2.45) is 0 Å². The molecule has 0 saturated carbocycles. The molecule has 0 N–H and O–H groups in total. The summed E-state index contributed by atoms with van der Waals surface area (Å²) in [5.74, 6) is -3.35. The second-order valence-corrected chi connectivity index (χ2v) is 4.42. The highest BCUT2D eigenvalue weighted by Gasteiger charge is 2.12. The van der Waals surface area contributed by atoms with E-state index in [1.54, 1.807) is 0 Å². The summed E-state index contributed by atoms with van der Waals surface area (Å²) in [4.78, 5) is 17.9. The molecule has 0 amide bonds. The summed E-state index contributed by atoms with van der Waals surface area (Å²) in [6, 6.07) is 16.7. The van der Waals surface area contributed by atoms with Crippen LogP contribution in [-0.4, -0.2) is 11.9 Å². The van der Waals surface area contributed by atoms with Gasteiger partial charge in [-0.3, -0.25) is 0 Å². The Hall–Kier alpha value is -2.82. The summed E-state index contributed by atoms with van der Waals surface area (Å²) in [7, 11) is 0. The number of carboxylic acids is 2. The minimum atomic E-state index is -2.19. The molecule has 0 atom stereocenters. The molecule has 0 aliphatic carbocycles. The zero-order valence-corrected chi connectivity index (χ0v) is 11.1. The molecule has 1 aliphatic rings. The molecule has 5 heteroatoms. The molecule has 0 aromatic heterocycles. The van der Waals surface area contributed by atoms with Crippen LogP contribution in [0, 0.1) is 0 Å². The lowest BCUT2D eigenvalue weighted by Crippen LogP contribution is -2.42. The summed E-state index contributed by atoms with van der Waals surface area (Å²) in [6.07, 6.45) is 0.979. The van der Waals surface area contributed by atoms with E-state index in [1.807, 2.05) is 12.1 Å². The van der Waals surface area contributed by atoms with Gasteiger partial charge in [0, 0.05) is 6.42 Å². The van der Waals surface area contributed by atoms with Crippen LogP contribution in [0.25, 0.3) is 0 Å².